The zero-order chi connectivity index (χ0) is 10.1. The Hall–Kier alpha value is -0.770. The largest absolute Gasteiger partial charge is 0.444 e. The Kier molecular flexibility index (Phi) is 7.39. The van der Waals surface area contributed by atoms with E-state index in [1.165, 1.54) is 7.05 Å². The van der Waals surface area contributed by atoms with Crippen molar-refractivity contribution < 1.29 is 14.3 Å². The second kappa shape index (κ2) is 7.86. The molecule has 1 amide bonds. The fourth-order valence-electron chi connectivity index (χ4n) is 0.771. The third kappa shape index (κ3) is 7.59. The number of hydrogen-bond donors (Lipinski definition) is 1. The van der Waals surface area contributed by atoms with E-state index < -0.39 is 6.09 Å². The molecule has 1 atom stereocenters. The minimum Gasteiger partial charge on any atom is -0.444 e. The molecule has 0 aromatic rings. The van der Waals surface area contributed by atoms with Crippen LogP contribution in [0.3, 0.4) is 0 Å². The molecule has 13 heavy (non-hydrogen) atoms. The Bertz CT molecular complexity index is 139. The van der Waals surface area contributed by atoms with Crippen LogP contribution in [0.2, 0.25) is 0 Å². The smallest absolute Gasteiger partial charge is 0.407 e. The maximum Gasteiger partial charge on any atom is 0.407 e. The van der Waals surface area contributed by atoms with E-state index in [9.17, 15) is 4.79 Å². The molecule has 0 saturated carbocycles. The molecule has 0 heterocycles. The summed E-state index contributed by atoms with van der Waals surface area (Å²) in [6.45, 7) is 5.11. The summed E-state index contributed by atoms with van der Waals surface area (Å²) in [5.41, 5.74) is 0. The van der Waals surface area contributed by atoms with Gasteiger partial charge in [-0.15, -0.1) is 0 Å². The van der Waals surface area contributed by atoms with E-state index in [4.69, 9.17) is 9.47 Å². The molecular weight excluding hydrogens is 170 g/mol. The van der Waals surface area contributed by atoms with Gasteiger partial charge in [-0.1, -0.05) is 13.3 Å². The first-order valence-electron chi connectivity index (χ1n) is 4.66. The Labute approximate surface area is 79.6 Å². The molecule has 0 aromatic heterocycles. The highest BCUT2D eigenvalue weighted by molar-refractivity contribution is 5.66. The quantitative estimate of drug-likeness (QED) is 0.645. The van der Waals surface area contributed by atoms with Crippen molar-refractivity contribution in [2.24, 2.45) is 0 Å². The number of rotatable bonds is 6. The van der Waals surface area contributed by atoms with Crippen LogP contribution in [0.15, 0.2) is 0 Å². The van der Waals surface area contributed by atoms with Gasteiger partial charge >= 0.3 is 6.09 Å². The first-order valence-corrected chi connectivity index (χ1v) is 4.66. The molecule has 78 valence electrons. The standard InChI is InChI=1S/C9H19NO3/c1-4-5-6-12-7-8(2)13-9(11)10-3/h8H,4-7H2,1-3H3,(H,10,11). The van der Waals surface area contributed by atoms with Gasteiger partial charge in [0.25, 0.3) is 0 Å². The number of nitrogens with one attached hydrogen (secondary N) is 1. The summed E-state index contributed by atoms with van der Waals surface area (Å²) in [7, 11) is 1.53. The summed E-state index contributed by atoms with van der Waals surface area (Å²) in [6.07, 6.45) is 1.57. The lowest BCUT2D eigenvalue weighted by molar-refractivity contribution is 0.0284. The van der Waals surface area contributed by atoms with E-state index in [0.29, 0.717) is 6.61 Å². The summed E-state index contributed by atoms with van der Waals surface area (Å²) in [4.78, 5) is 10.7. The lowest BCUT2D eigenvalue weighted by Gasteiger charge is -2.12. The average Bonchev–Trinajstić information content (AvgIpc) is 2.12. The van der Waals surface area contributed by atoms with E-state index in [2.05, 4.69) is 12.2 Å². The van der Waals surface area contributed by atoms with Gasteiger partial charge in [-0.25, -0.2) is 4.79 Å². The van der Waals surface area contributed by atoms with Gasteiger partial charge in [0.2, 0.25) is 0 Å². The molecule has 0 aromatic carbocycles. The molecule has 0 aliphatic carbocycles. The third-order valence-electron chi connectivity index (χ3n) is 1.51. The molecule has 0 spiro atoms. The first kappa shape index (κ1) is 12.2. The topological polar surface area (TPSA) is 47.6 Å². The van der Waals surface area contributed by atoms with Gasteiger partial charge in [0.1, 0.15) is 6.10 Å². The average molecular weight is 189 g/mol. The van der Waals surface area contributed by atoms with Crippen LogP contribution in [0, 0.1) is 0 Å². The number of amides is 1. The fourth-order valence-corrected chi connectivity index (χ4v) is 0.771. The van der Waals surface area contributed by atoms with Crippen molar-refractivity contribution in [3.63, 3.8) is 0 Å². The van der Waals surface area contributed by atoms with Gasteiger partial charge in [0, 0.05) is 13.7 Å². The van der Waals surface area contributed by atoms with Gasteiger partial charge in [-0.2, -0.15) is 0 Å². The Morgan fingerprint density at radius 3 is 2.77 bits per heavy atom. The van der Waals surface area contributed by atoms with Gasteiger partial charge < -0.3 is 14.8 Å². The van der Waals surface area contributed by atoms with Crippen LogP contribution in [-0.2, 0) is 9.47 Å². The SMILES string of the molecule is CCCCOCC(C)OC(=O)NC. The Balaban J connectivity index is 3.29. The molecule has 0 aliphatic rings. The van der Waals surface area contributed by atoms with Crippen LogP contribution in [0.25, 0.3) is 0 Å². The molecule has 1 unspecified atom stereocenters. The Morgan fingerprint density at radius 1 is 1.54 bits per heavy atom. The summed E-state index contributed by atoms with van der Waals surface area (Å²) in [6, 6.07) is 0. The summed E-state index contributed by atoms with van der Waals surface area (Å²) in [5.74, 6) is 0. The minimum atomic E-state index is -0.411. The Morgan fingerprint density at radius 2 is 2.23 bits per heavy atom. The first-order chi connectivity index (χ1) is 6.20. The molecule has 0 fully saturated rings. The number of unbranched alkanes of at least 4 members (excludes halogenated alkanes) is 1. The van der Waals surface area contributed by atoms with Crippen LogP contribution < -0.4 is 5.32 Å². The highest BCUT2D eigenvalue weighted by Crippen LogP contribution is 1.94. The van der Waals surface area contributed by atoms with E-state index in [0.717, 1.165) is 19.4 Å². The van der Waals surface area contributed by atoms with Crippen LogP contribution in [0.4, 0.5) is 4.79 Å². The zero-order valence-corrected chi connectivity index (χ0v) is 8.63. The molecule has 1 N–H and O–H groups in total. The summed E-state index contributed by atoms with van der Waals surface area (Å²) in [5, 5.41) is 2.38. The summed E-state index contributed by atoms with van der Waals surface area (Å²) < 4.78 is 10.2. The van der Waals surface area contributed by atoms with E-state index in [-0.39, 0.29) is 6.10 Å². The third-order valence-corrected chi connectivity index (χ3v) is 1.51. The maximum atomic E-state index is 10.7. The number of ether oxygens (including phenoxy) is 2. The van der Waals surface area contributed by atoms with Crippen LogP contribution in [-0.4, -0.2) is 32.5 Å². The minimum absolute atomic E-state index is 0.184. The number of carbonyl (C=O) groups excluding carboxylic acids is 1. The maximum absolute atomic E-state index is 10.7. The summed E-state index contributed by atoms with van der Waals surface area (Å²) >= 11 is 0. The van der Waals surface area contributed by atoms with Gasteiger partial charge in [-0.3, -0.25) is 0 Å². The number of alkyl carbamates (subject to hydrolysis) is 1. The van der Waals surface area contributed by atoms with Gasteiger partial charge in [-0.05, 0) is 13.3 Å². The molecule has 0 bridgehead atoms. The van der Waals surface area contributed by atoms with E-state index in [1.54, 1.807) is 6.92 Å². The van der Waals surface area contributed by atoms with Crippen LogP contribution in [0.1, 0.15) is 26.7 Å². The molecule has 0 saturated heterocycles. The lowest BCUT2D eigenvalue weighted by Crippen LogP contribution is -2.27. The van der Waals surface area contributed by atoms with Crippen molar-refractivity contribution in [2.45, 2.75) is 32.8 Å². The van der Waals surface area contributed by atoms with Gasteiger partial charge in [0.05, 0.1) is 6.61 Å². The highest BCUT2D eigenvalue weighted by atomic mass is 16.6. The van der Waals surface area contributed by atoms with Crippen LogP contribution in [0.5, 0.6) is 0 Å². The van der Waals surface area contributed by atoms with Gasteiger partial charge in [0.15, 0.2) is 0 Å². The molecule has 4 heteroatoms. The fraction of sp³-hybridized carbons (Fsp3) is 0.889. The van der Waals surface area contributed by atoms with Crippen molar-refractivity contribution in [2.75, 3.05) is 20.3 Å². The molecule has 0 radical (unpaired) electrons. The van der Waals surface area contributed by atoms with E-state index >= 15 is 0 Å². The second-order valence-corrected chi connectivity index (χ2v) is 2.89. The molecular formula is C9H19NO3. The van der Waals surface area contributed by atoms with Crippen molar-refractivity contribution in [1.29, 1.82) is 0 Å². The predicted molar refractivity (Wildman–Crippen MR) is 50.7 cm³/mol. The predicted octanol–water partition coefficient (Wildman–Crippen LogP) is 1.55. The monoisotopic (exact) mass is 189 g/mol. The van der Waals surface area contributed by atoms with E-state index in [1.807, 2.05) is 0 Å². The van der Waals surface area contributed by atoms with Crippen molar-refractivity contribution >= 4 is 6.09 Å². The molecule has 0 aliphatic heterocycles. The zero-order valence-electron chi connectivity index (χ0n) is 8.63. The molecule has 0 rings (SSSR count). The second-order valence-electron chi connectivity index (χ2n) is 2.89. The van der Waals surface area contributed by atoms with Crippen molar-refractivity contribution in [3.05, 3.63) is 0 Å². The van der Waals surface area contributed by atoms with Crippen molar-refractivity contribution in [3.8, 4) is 0 Å². The normalized spacial score (nSPS) is 12.2. The van der Waals surface area contributed by atoms with Crippen LogP contribution >= 0.6 is 0 Å². The molecule has 4 nitrogen and oxygen atoms in total. The lowest BCUT2D eigenvalue weighted by atomic mass is 10.3. The number of hydrogen-bond acceptors (Lipinski definition) is 3. The highest BCUT2D eigenvalue weighted by Gasteiger charge is 2.06. The van der Waals surface area contributed by atoms with Crippen molar-refractivity contribution in [1.82, 2.24) is 5.32 Å². The number of carbonyl (C=O) groups is 1.